The van der Waals surface area contributed by atoms with Crippen molar-refractivity contribution >= 4 is 121 Å². The lowest BCUT2D eigenvalue weighted by molar-refractivity contribution is -0.135. The van der Waals surface area contributed by atoms with Gasteiger partial charge in [-0.2, -0.15) is 21.0 Å². The molecule has 11 N–H and O–H groups in total. The van der Waals surface area contributed by atoms with Crippen LogP contribution in [0.2, 0.25) is 0 Å². The molecule has 0 radical (unpaired) electrons. The van der Waals surface area contributed by atoms with Gasteiger partial charge < -0.3 is 34.0 Å². The smallest absolute Gasteiger partial charge is 0.266 e. The second-order valence-corrected chi connectivity index (χ2v) is 41.7. The topological polar surface area (TPSA) is 421 Å². The number of aliphatic imine (C=N–C) groups is 5. The molecule has 0 saturated carbocycles. The number of carbonyl (C=O) groups is 6. The molecule has 6 aliphatic heterocycles. The maximum absolute atomic E-state index is 13.7. The van der Waals surface area contributed by atoms with Gasteiger partial charge in [-0.15, -0.1) is 45.3 Å². The summed E-state index contributed by atoms with van der Waals surface area (Å²) in [7, 11) is 6.61. The van der Waals surface area contributed by atoms with Crippen molar-refractivity contribution in [2.45, 2.75) is 159 Å². The number of thiophene rings is 4. The molecular weight excluding hydrogens is 1910 g/mol. The zero-order valence-corrected chi connectivity index (χ0v) is 86.7. The van der Waals surface area contributed by atoms with Crippen LogP contribution in [-0.2, 0) is 63.9 Å². The Bertz CT molecular complexity index is 6920. The number of nitrogens with zero attached hydrogens (tertiary/aromatic N) is 15. The molecule has 6 amide bonds. The number of unbranched alkanes of at least 4 members (excludes halogenated alkanes) is 1. The van der Waals surface area contributed by atoms with Crippen molar-refractivity contribution in [2.24, 2.45) is 71.4 Å². The molecule has 146 heavy (non-hydrogen) atoms. The third-order valence-corrected chi connectivity index (χ3v) is 32.6. The van der Waals surface area contributed by atoms with Crippen LogP contribution in [0.3, 0.4) is 0 Å². The monoisotopic (exact) mass is 2030 g/mol. The van der Waals surface area contributed by atoms with Crippen molar-refractivity contribution in [2.75, 3.05) is 54.4 Å². The van der Waals surface area contributed by atoms with Gasteiger partial charge in [0.15, 0.2) is 35.3 Å². The molecule has 1 fully saturated rings. The zero-order chi connectivity index (χ0) is 105. The molecule has 12 aromatic rings. The van der Waals surface area contributed by atoms with Gasteiger partial charge in [-0.05, 0) is 241 Å². The van der Waals surface area contributed by atoms with E-state index in [2.05, 4.69) is 86.0 Å². The third kappa shape index (κ3) is 23.4. The molecule has 33 heteroatoms. The molecule has 10 heterocycles. The normalized spacial score (nSPS) is 20.6. The summed E-state index contributed by atoms with van der Waals surface area (Å²) in [5.41, 5.74) is 37.8. The van der Waals surface area contributed by atoms with Crippen LogP contribution in [0.25, 0.3) is 53.9 Å². The minimum Gasteiger partial charge on any atom is -0.369 e. The first-order chi connectivity index (χ1) is 70.0. The first-order valence-electron chi connectivity index (χ1n) is 48.5. The summed E-state index contributed by atoms with van der Waals surface area (Å²) in [6.07, 6.45) is 9.73. The van der Waals surface area contributed by atoms with Crippen molar-refractivity contribution in [1.82, 2.24) is 34.7 Å². The maximum atomic E-state index is 13.7. The Kier molecular flexibility index (Phi) is 34.0. The van der Waals surface area contributed by atoms with Crippen LogP contribution in [0.4, 0.5) is 8.78 Å². The molecule has 6 aliphatic rings. The molecule has 4 aromatic heterocycles. The predicted octanol–water partition coefficient (Wildman–Crippen LogP) is 19.0. The Labute approximate surface area is 866 Å². The number of guanidine groups is 5. The number of benzene rings is 8. The van der Waals surface area contributed by atoms with E-state index in [1.54, 1.807) is 57.4 Å². The molecule has 7 atom stereocenters. The number of piperidine rings is 1. The van der Waals surface area contributed by atoms with E-state index in [0.29, 0.717) is 68.2 Å². The molecule has 0 spiro atoms. The van der Waals surface area contributed by atoms with Crippen LogP contribution in [0, 0.1) is 74.7 Å². The van der Waals surface area contributed by atoms with E-state index in [1.807, 2.05) is 202 Å². The number of carbonyl (C=O) groups excluding carboxylic acids is 6. The number of hydrogen-bond acceptors (Lipinski definition) is 25. The van der Waals surface area contributed by atoms with Gasteiger partial charge in [0, 0.05) is 90.6 Å². The zero-order valence-electron chi connectivity index (χ0n) is 83.4. The second kappa shape index (κ2) is 46.7. The fourth-order valence-corrected chi connectivity index (χ4v) is 23.7. The Balaban J connectivity index is 0.000000145. The molecule has 1 unspecified atom stereocenters. The highest BCUT2D eigenvalue weighted by Crippen LogP contribution is 2.50. The van der Waals surface area contributed by atoms with Crippen LogP contribution < -0.4 is 34.0 Å². The van der Waals surface area contributed by atoms with Crippen LogP contribution in [0.15, 0.2) is 259 Å². The highest BCUT2D eigenvalue weighted by atomic mass is 32.1. The number of likely N-dealkylation sites (tertiary alicyclic amines) is 1. The van der Waals surface area contributed by atoms with Gasteiger partial charge in [0.1, 0.15) is 40.4 Å². The summed E-state index contributed by atoms with van der Waals surface area (Å²) in [5.74, 6) is -0.294. The van der Waals surface area contributed by atoms with Gasteiger partial charge in [-0.3, -0.25) is 58.2 Å². The Morgan fingerprint density at radius 1 is 0.500 bits per heavy atom. The fourth-order valence-electron chi connectivity index (χ4n) is 19.3. The number of halogens is 2. The number of fused-ring (bicyclic) bond motifs is 1. The lowest BCUT2D eigenvalue weighted by atomic mass is 9.77. The van der Waals surface area contributed by atoms with Crippen molar-refractivity contribution in [1.29, 1.82) is 21.0 Å². The summed E-state index contributed by atoms with van der Waals surface area (Å²) < 4.78 is 28.6. The minimum atomic E-state index is -1.17. The Morgan fingerprint density at radius 3 is 1.55 bits per heavy atom. The van der Waals surface area contributed by atoms with Gasteiger partial charge in [-0.1, -0.05) is 172 Å². The first kappa shape index (κ1) is 107. The van der Waals surface area contributed by atoms with Gasteiger partial charge in [-0.25, -0.2) is 33.7 Å². The van der Waals surface area contributed by atoms with E-state index in [4.69, 9.17) is 49.2 Å². The van der Waals surface area contributed by atoms with Crippen molar-refractivity contribution in [3.63, 3.8) is 0 Å². The average Bonchev–Trinajstić information content (AvgIpc) is 1.58. The number of nitrogens with one attached hydrogen (secondary N) is 1. The molecule has 1 saturated heterocycles. The summed E-state index contributed by atoms with van der Waals surface area (Å²) >= 11 is 6.33. The van der Waals surface area contributed by atoms with Crippen molar-refractivity contribution < 1.29 is 37.5 Å². The second-order valence-electron chi connectivity index (χ2n) is 37.9. The molecule has 750 valence electrons. The third-order valence-electron chi connectivity index (χ3n) is 27.9. The largest absolute Gasteiger partial charge is 0.369 e. The summed E-state index contributed by atoms with van der Waals surface area (Å²) in [6, 6.07) is 75.7. The van der Waals surface area contributed by atoms with Gasteiger partial charge >= 0.3 is 0 Å². The lowest BCUT2D eigenvalue weighted by Crippen LogP contribution is -2.54. The van der Waals surface area contributed by atoms with E-state index >= 15 is 0 Å². The van der Waals surface area contributed by atoms with Crippen molar-refractivity contribution in [3.8, 4) is 68.1 Å². The van der Waals surface area contributed by atoms with Crippen molar-refractivity contribution in [3.05, 3.63) is 305 Å². The molecule has 8 aromatic carbocycles. The standard InChI is InChI=1S/C29H32N4O2.C24H19N5OS.2C20H21FN4OS.C20H26N4OS/c30-28-32-29(24-16-6-2-7-17-24,25-18-8-3-9-19-25)27(35)33(28)22-11-10-21-31-26(34)20-12-15-23-13-4-1-5-14-23;1-24(12-21(30)29(2)23(27)28-24)20-11-19(17-7-3-5-15(9-17)13-25)22(31-20)18-8-4-6-16(10-18)14-26;2*1-4-5-15-18(26)25(3)19(23)24-20(15,2)17-9-14(11-27-17)12-6-7-16(21)13(8-12)10-22;1-20(10-18(25)23(2)19(21)22-20)15-6-5-9-24(12-15)11-14-13-26-17-8-4-3-7-16(14)17/h1-9,13-14,16-19H,10-12,15,20-22H2,(H2,30,32)(H,31,34);3-11H,12H2,1-2H3,(H2,27,28);2*6-9,11,15H,4-5H2,1-3H3,(H2,23,24);3-4,7-8,13,15H,5-6,9-12H2,1-2H3,(H2,21,22)/t;24-;15-,20+;15-,20-;15?,20-/m.0100/s1. The van der Waals surface area contributed by atoms with E-state index in [1.165, 1.54) is 99.1 Å². The highest BCUT2D eigenvalue weighted by Gasteiger charge is 2.52. The number of amides is 6. The summed E-state index contributed by atoms with van der Waals surface area (Å²) in [4.78, 5) is 113. The quantitative estimate of drug-likeness (QED) is 0.0289. The molecule has 27 nitrogen and oxygen atoms in total. The Morgan fingerprint density at radius 2 is 1.01 bits per heavy atom. The number of rotatable bonds is 25. The fraction of sp³-hybridized carbons (Fsp3) is 0.319. The molecule has 18 rings (SSSR count). The lowest BCUT2D eigenvalue weighted by Gasteiger charge is -2.43. The molecular formula is C113H119F2N21O6S4. The molecule has 0 bridgehead atoms. The minimum absolute atomic E-state index is 0.00653. The van der Waals surface area contributed by atoms with Crippen LogP contribution in [0.5, 0.6) is 0 Å². The Hall–Kier alpha value is -15.2. The highest BCUT2D eigenvalue weighted by molar-refractivity contribution is 7.17. The van der Waals surface area contributed by atoms with E-state index in [-0.39, 0.29) is 94.2 Å². The van der Waals surface area contributed by atoms with E-state index in [9.17, 15) is 48.1 Å². The first-order valence-corrected chi connectivity index (χ1v) is 52.0. The summed E-state index contributed by atoms with van der Waals surface area (Å²) in [5, 5.41) is 47.3. The van der Waals surface area contributed by atoms with Gasteiger partial charge in [0.25, 0.3) is 5.91 Å². The van der Waals surface area contributed by atoms with Crippen LogP contribution >= 0.6 is 45.3 Å². The maximum Gasteiger partial charge on any atom is 0.266 e. The predicted molar refractivity (Wildman–Crippen MR) is 576 cm³/mol. The SMILES string of the molecule is CCC[C@@H]1C(=O)N(C)C(N)=N[C@]1(C)c1cc(-c2ccc(F)c(C#N)c2)cs1.CCC[C@H]1C(=O)N(C)C(N)=N[C@]1(C)c1cc(-c2ccc(F)c(C#N)c2)cs1.CN1C(=O)C[C@@](C)(C2CCCN(Cc3csc4ccccc34)C2)N=C1N.CN1C(=O)C[C@@](C)(c2cc(-c3cccc(C#N)c3)c(-c3cccc(C#N)c3)s2)N=C1N.NC1=NC(c2ccccc2)(c2ccccc2)C(=O)N1CCCCNC(=O)CCCc1ccccc1. The number of nitrogens with two attached hydrogens (primary N) is 5. The van der Waals surface area contributed by atoms with E-state index < -0.39 is 33.8 Å². The number of hydrogen-bond donors (Lipinski definition) is 6. The summed E-state index contributed by atoms with van der Waals surface area (Å²) in [6.45, 7) is 16.0. The van der Waals surface area contributed by atoms with E-state index in [0.717, 1.165) is 134 Å². The van der Waals surface area contributed by atoms with Gasteiger partial charge in [0.2, 0.25) is 29.5 Å². The van der Waals surface area contributed by atoms with Gasteiger partial charge in [0.05, 0.1) is 64.6 Å². The number of aryl methyl sites for hydroxylation is 1. The van der Waals surface area contributed by atoms with Crippen LogP contribution in [-0.4, -0.2) is 155 Å². The molecule has 0 aliphatic carbocycles. The average molecular weight is 2030 g/mol. The number of nitriles is 4. The van der Waals surface area contributed by atoms with Crippen LogP contribution in [0.1, 0.15) is 178 Å².